The minimum atomic E-state index is -0.0926. The summed E-state index contributed by atoms with van der Waals surface area (Å²) in [6.07, 6.45) is 4.91. The molecule has 1 nitrogen and oxygen atoms in total. The highest BCUT2D eigenvalue weighted by Gasteiger charge is 2.13. The highest BCUT2D eigenvalue weighted by Crippen LogP contribution is 2.09. The van der Waals surface area contributed by atoms with Gasteiger partial charge in [0, 0.05) is 5.92 Å². The molecule has 0 N–H and O–H groups in total. The van der Waals surface area contributed by atoms with E-state index in [1.807, 2.05) is 20.8 Å². The van der Waals surface area contributed by atoms with Gasteiger partial charge in [-0.1, -0.05) is 20.8 Å². The Balaban J connectivity index is 3.92. The Kier molecular flexibility index (Phi) is 3.01. The average molecular weight is 124 g/mol. The van der Waals surface area contributed by atoms with Gasteiger partial charge >= 0.3 is 0 Å². The lowest BCUT2D eigenvalue weighted by Crippen LogP contribution is -2.14. The summed E-state index contributed by atoms with van der Waals surface area (Å²) in [6.45, 7) is 5.83. The quantitative estimate of drug-likeness (QED) is 0.402. The molecule has 0 aromatic rings. The van der Waals surface area contributed by atoms with E-state index in [0.717, 1.165) is 0 Å². The van der Waals surface area contributed by atoms with E-state index in [2.05, 4.69) is 5.92 Å². The van der Waals surface area contributed by atoms with Gasteiger partial charge in [-0.05, 0) is 11.8 Å². The molecule has 0 heterocycles. The first-order chi connectivity index (χ1) is 4.09. The Morgan fingerprint density at radius 1 is 1.44 bits per heavy atom. The lowest BCUT2D eigenvalue weighted by molar-refractivity contribution is -0.117. The number of hydrogen-bond acceptors (Lipinski definition) is 1. The van der Waals surface area contributed by atoms with Crippen molar-refractivity contribution in [3.63, 3.8) is 0 Å². The predicted octanol–water partition coefficient (Wildman–Crippen LogP) is 1.48. The van der Waals surface area contributed by atoms with Gasteiger partial charge in [-0.3, -0.25) is 4.79 Å². The van der Waals surface area contributed by atoms with Crippen molar-refractivity contribution >= 4 is 5.78 Å². The number of carbonyl (C=O) groups excluding carboxylic acids is 1. The summed E-state index contributed by atoms with van der Waals surface area (Å²) < 4.78 is 0. The van der Waals surface area contributed by atoms with Crippen molar-refractivity contribution in [2.75, 3.05) is 0 Å². The maximum atomic E-state index is 10.7. The summed E-state index contributed by atoms with van der Waals surface area (Å²) in [6, 6.07) is 0. The zero-order valence-corrected chi connectivity index (χ0v) is 6.14. The summed E-state index contributed by atoms with van der Waals surface area (Å²) in [4.78, 5) is 10.7. The number of terminal acetylenes is 1. The average Bonchev–Trinajstić information content (AvgIpc) is 1.84. The molecule has 0 aromatic heterocycles. The third kappa shape index (κ3) is 2.32. The Labute approximate surface area is 56.5 Å². The van der Waals surface area contributed by atoms with Crippen LogP contribution in [0.4, 0.5) is 0 Å². The molecule has 0 rings (SSSR count). The van der Waals surface area contributed by atoms with Gasteiger partial charge in [0.05, 0.1) is 0 Å². The van der Waals surface area contributed by atoms with Gasteiger partial charge in [0.25, 0.3) is 0 Å². The van der Waals surface area contributed by atoms with Crippen LogP contribution < -0.4 is 0 Å². The van der Waals surface area contributed by atoms with Crippen molar-refractivity contribution in [1.82, 2.24) is 0 Å². The molecule has 0 fully saturated rings. The minimum Gasteiger partial charge on any atom is -0.285 e. The van der Waals surface area contributed by atoms with Gasteiger partial charge < -0.3 is 0 Å². The van der Waals surface area contributed by atoms with Crippen LogP contribution in [-0.4, -0.2) is 5.78 Å². The molecule has 0 saturated heterocycles. The second-order valence-electron chi connectivity index (χ2n) is 2.54. The van der Waals surface area contributed by atoms with Crippen LogP contribution in [-0.2, 0) is 4.79 Å². The van der Waals surface area contributed by atoms with Crippen molar-refractivity contribution in [2.45, 2.75) is 20.8 Å². The summed E-state index contributed by atoms with van der Waals surface area (Å²) in [5.74, 6) is 2.38. The standard InChI is InChI=1S/C8H12O/c1-5-8(9)7(4)6(2)3/h1,6-7H,2-4H3. The van der Waals surface area contributed by atoms with Gasteiger partial charge in [0.15, 0.2) is 0 Å². The van der Waals surface area contributed by atoms with E-state index in [9.17, 15) is 4.79 Å². The van der Waals surface area contributed by atoms with E-state index in [1.165, 1.54) is 0 Å². The Morgan fingerprint density at radius 2 is 1.89 bits per heavy atom. The molecule has 1 unspecified atom stereocenters. The van der Waals surface area contributed by atoms with Crippen molar-refractivity contribution in [3.05, 3.63) is 0 Å². The van der Waals surface area contributed by atoms with Crippen LogP contribution in [0.1, 0.15) is 20.8 Å². The largest absolute Gasteiger partial charge is 0.285 e. The first kappa shape index (κ1) is 8.23. The number of rotatable bonds is 2. The molecule has 0 aliphatic rings. The smallest absolute Gasteiger partial charge is 0.208 e. The topological polar surface area (TPSA) is 17.1 Å². The fourth-order valence-corrected chi connectivity index (χ4v) is 0.434. The number of hydrogen-bond donors (Lipinski definition) is 0. The zero-order chi connectivity index (χ0) is 7.44. The third-order valence-corrected chi connectivity index (χ3v) is 1.56. The van der Waals surface area contributed by atoms with Gasteiger partial charge in [-0.2, -0.15) is 0 Å². The van der Waals surface area contributed by atoms with Gasteiger partial charge in [0.2, 0.25) is 5.78 Å². The number of ketones is 1. The van der Waals surface area contributed by atoms with Crippen LogP contribution in [0.25, 0.3) is 0 Å². The second kappa shape index (κ2) is 3.29. The van der Waals surface area contributed by atoms with Crippen LogP contribution in [0, 0.1) is 24.2 Å². The van der Waals surface area contributed by atoms with Crippen LogP contribution in [0.2, 0.25) is 0 Å². The van der Waals surface area contributed by atoms with Gasteiger partial charge in [-0.15, -0.1) is 6.42 Å². The lowest BCUT2D eigenvalue weighted by atomic mass is 9.94. The van der Waals surface area contributed by atoms with E-state index in [1.54, 1.807) is 0 Å². The summed E-state index contributed by atoms with van der Waals surface area (Å²) >= 11 is 0. The summed E-state index contributed by atoms with van der Waals surface area (Å²) in [5.41, 5.74) is 0. The number of Topliss-reactive ketones (excluding diaryl/α,β-unsaturated/α-hetero) is 1. The molecule has 0 aromatic carbocycles. The van der Waals surface area contributed by atoms with Crippen LogP contribution >= 0.6 is 0 Å². The molecule has 0 saturated carbocycles. The van der Waals surface area contributed by atoms with Crippen molar-refractivity contribution in [1.29, 1.82) is 0 Å². The van der Waals surface area contributed by atoms with E-state index < -0.39 is 0 Å². The lowest BCUT2D eigenvalue weighted by Gasteiger charge is -2.08. The van der Waals surface area contributed by atoms with Crippen LogP contribution in [0.3, 0.4) is 0 Å². The summed E-state index contributed by atoms with van der Waals surface area (Å²) in [7, 11) is 0. The highest BCUT2D eigenvalue weighted by molar-refractivity contribution is 5.96. The van der Waals surface area contributed by atoms with Gasteiger partial charge in [-0.25, -0.2) is 0 Å². The molecule has 1 heteroatoms. The molecule has 1 atom stereocenters. The SMILES string of the molecule is C#CC(=O)C(C)C(C)C. The Hall–Kier alpha value is -0.770. The third-order valence-electron chi connectivity index (χ3n) is 1.56. The molecule has 0 aliphatic heterocycles. The van der Waals surface area contributed by atoms with E-state index in [0.29, 0.717) is 5.92 Å². The molecule has 0 aliphatic carbocycles. The van der Waals surface area contributed by atoms with E-state index in [4.69, 9.17) is 6.42 Å². The van der Waals surface area contributed by atoms with Crippen LogP contribution in [0.15, 0.2) is 0 Å². The predicted molar refractivity (Wildman–Crippen MR) is 37.8 cm³/mol. The maximum Gasteiger partial charge on any atom is 0.208 e. The molecule has 50 valence electrons. The second-order valence-corrected chi connectivity index (χ2v) is 2.54. The molecular formula is C8H12O. The molecule has 9 heavy (non-hydrogen) atoms. The maximum absolute atomic E-state index is 10.7. The first-order valence-corrected chi connectivity index (χ1v) is 3.10. The normalized spacial score (nSPS) is 12.8. The number of carbonyl (C=O) groups is 1. The fourth-order valence-electron chi connectivity index (χ4n) is 0.434. The van der Waals surface area contributed by atoms with Crippen molar-refractivity contribution < 1.29 is 4.79 Å². The molecule has 0 spiro atoms. The van der Waals surface area contributed by atoms with E-state index >= 15 is 0 Å². The molecular weight excluding hydrogens is 112 g/mol. The molecule has 0 radical (unpaired) electrons. The van der Waals surface area contributed by atoms with Crippen molar-refractivity contribution in [2.24, 2.45) is 11.8 Å². The first-order valence-electron chi connectivity index (χ1n) is 3.10. The minimum absolute atomic E-state index is 0.00926. The van der Waals surface area contributed by atoms with Crippen LogP contribution in [0.5, 0.6) is 0 Å². The fraction of sp³-hybridized carbons (Fsp3) is 0.625. The Morgan fingerprint density at radius 3 is 2.00 bits per heavy atom. The van der Waals surface area contributed by atoms with E-state index in [-0.39, 0.29) is 11.7 Å². The zero-order valence-electron chi connectivity index (χ0n) is 6.14. The molecule has 0 amide bonds. The highest BCUT2D eigenvalue weighted by atomic mass is 16.1. The van der Waals surface area contributed by atoms with Gasteiger partial charge in [0.1, 0.15) is 0 Å². The Bertz CT molecular complexity index is 139. The molecule has 0 bridgehead atoms. The monoisotopic (exact) mass is 124 g/mol. The summed E-state index contributed by atoms with van der Waals surface area (Å²) in [5, 5.41) is 0. The van der Waals surface area contributed by atoms with Crippen molar-refractivity contribution in [3.8, 4) is 12.3 Å².